The zero-order valence-corrected chi connectivity index (χ0v) is 40.6. The number of aromatic nitrogens is 2. The van der Waals surface area contributed by atoms with Gasteiger partial charge in [-0.1, -0.05) is 205 Å². The first-order chi connectivity index (χ1) is 31.9. The van der Waals surface area contributed by atoms with Gasteiger partial charge in [0.25, 0.3) is 0 Å². The summed E-state index contributed by atoms with van der Waals surface area (Å²) < 4.78 is 19.6. The van der Waals surface area contributed by atoms with Crippen molar-refractivity contribution in [3.8, 4) is 11.5 Å². The highest BCUT2D eigenvalue weighted by Gasteiger charge is 2.14. The van der Waals surface area contributed by atoms with Gasteiger partial charge in [0, 0.05) is 65.7 Å². The topological polar surface area (TPSA) is 28.3 Å². The van der Waals surface area contributed by atoms with Crippen LogP contribution in [0.3, 0.4) is 0 Å². The fraction of sp³-hybridized carbons (Fsp3) is 0.220. The number of halogens is 2. The second-order valence-corrected chi connectivity index (χ2v) is 19.0. The molecular formula is C59H56Br2N2O2. The van der Waals surface area contributed by atoms with Gasteiger partial charge in [-0.25, -0.2) is 0 Å². The molecule has 0 amide bonds. The summed E-state index contributed by atoms with van der Waals surface area (Å²) in [6.07, 6.45) is 18.7. The molecule has 0 unspecified atom stereocenters. The lowest BCUT2D eigenvalue weighted by Gasteiger charge is -2.14. The quantitative estimate of drug-likeness (QED) is 0.0597. The number of unbranched alkanes of at least 4 members (excludes halogenated alkanes) is 7. The monoisotopic (exact) mass is 982 g/mol. The average Bonchev–Trinajstić information content (AvgIpc) is 3.81. The molecule has 7 aromatic carbocycles. The highest BCUT2D eigenvalue weighted by molar-refractivity contribution is 9.10. The summed E-state index contributed by atoms with van der Waals surface area (Å²) in [6, 6.07) is 52.5. The Kier molecular flexibility index (Phi) is 14.3. The van der Waals surface area contributed by atoms with E-state index in [0.717, 1.165) is 62.2 Å². The van der Waals surface area contributed by atoms with Crippen LogP contribution in [0.2, 0.25) is 0 Å². The van der Waals surface area contributed by atoms with E-state index in [4.69, 9.17) is 9.47 Å². The Bertz CT molecular complexity index is 3120. The van der Waals surface area contributed by atoms with Crippen molar-refractivity contribution in [2.75, 3.05) is 13.7 Å². The molecule has 0 atom stereocenters. The van der Waals surface area contributed by atoms with Gasteiger partial charge in [0.1, 0.15) is 11.5 Å². The van der Waals surface area contributed by atoms with Gasteiger partial charge >= 0.3 is 0 Å². The predicted molar refractivity (Wildman–Crippen MR) is 284 cm³/mol. The molecule has 0 aliphatic carbocycles. The Hall–Kier alpha value is -5.82. The molecular weight excluding hydrogens is 928 g/mol. The molecule has 0 spiro atoms. The van der Waals surface area contributed by atoms with Crippen molar-refractivity contribution >= 4 is 99.8 Å². The van der Waals surface area contributed by atoms with Gasteiger partial charge < -0.3 is 18.6 Å². The van der Waals surface area contributed by atoms with Crippen molar-refractivity contribution in [3.63, 3.8) is 0 Å². The first-order valence-corrected chi connectivity index (χ1v) is 24.8. The van der Waals surface area contributed by atoms with Crippen molar-refractivity contribution in [3.05, 3.63) is 188 Å². The van der Waals surface area contributed by atoms with Crippen LogP contribution >= 0.6 is 31.9 Å². The normalized spacial score (nSPS) is 11.9. The molecule has 0 radical (unpaired) electrons. The van der Waals surface area contributed by atoms with E-state index in [9.17, 15) is 0 Å². The van der Waals surface area contributed by atoms with E-state index in [1.807, 2.05) is 0 Å². The standard InChI is InChI=1S/C59H56Br2N2O2/c1-3-4-5-6-7-8-9-14-35-65-59-37-46(29-27-42-19-23-44(24-20-42)40-62-54-17-12-10-15-50(54)52-33-31-48(60)38-56(52)62)58(64-2)36-47(59)30-28-43-21-25-45(26-22-43)41-63-55-18-13-11-16-51(55)53-34-32-49(61)39-57(53)63/h10-13,15-34,36-39H,3-9,14,35,40-41H2,1-2H3/b29-27+,30-28+. The Morgan fingerprint density at radius 3 is 1.40 bits per heavy atom. The Balaban J connectivity index is 0.928. The maximum atomic E-state index is 6.60. The van der Waals surface area contributed by atoms with Gasteiger partial charge in [-0.2, -0.15) is 0 Å². The molecule has 0 saturated carbocycles. The van der Waals surface area contributed by atoms with Crippen molar-refractivity contribution in [1.82, 2.24) is 9.13 Å². The zero-order chi connectivity index (χ0) is 44.5. The fourth-order valence-corrected chi connectivity index (χ4v) is 9.86. The SMILES string of the molecule is CCCCCCCCCCOc1cc(/C=C/c2ccc(Cn3c4ccccc4c4ccc(Br)cc43)cc2)c(OC)cc1/C=C/c1ccc(Cn2c3ccccc3c3ccc(Br)cc32)cc1. The molecule has 9 rings (SSSR count). The molecule has 2 aromatic heterocycles. The van der Waals surface area contributed by atoms with E-state index in [1.165, 1.54) is 99.7 Å². The molecule has 9 aromatic rings. The maximum Gasteiger partial charge on any atom is 0.127 e. The number of hydrogen-bond acceptors (Lipinski definition) is 2. The van der Waals surface area contributed by atoms with Crippen LogP contribution in [0.4, 0.5) is 0 Å². The summed E-state index contributed by atoms with van der Waals surface area (Å²) >= 11 is 7.40. The van der Waals surface area contributed by atoms with E-state index in [0.29, 0.717) is 6.61 Å². The minimum absolute atomic E-state index is 0.684. The summed E-state index contributed by atoms with van der Waals surface area (Å²) in [5, 5.41) is 5.10. The third kappa shape index (κ3) is 10.4. The zero-order valence-electron chi connectivity index (χ0n) is 37.4. The number of benzene rings is 7. The fourth-order valence-electron chi connectivity index (χ4n) is 9.16. The molecule has 0 N–H and O–H groups in total. The van der Waals surface area contributed by atoms with E-state index in [2.05, 4.69) is 218 Å². The Morgan fingerprint density at radius 1 is 0.446 bits per heavy atom. The lowest BCUT2D eigenvalue weighted by atomic mass is 10.0. The maximum absolute atomic E-state index is 6.60. The molecule has 6 heteroatoms. The number of ether oxygens (including phenoxy) is 2. The van der Waals surface area contributed by atoms with Crippen LogP contribution in [-0.4, -0.2) is 22.9 Å². The smallest absolute Gasteiger partial charge is 0.127 e. The van der Waals surface area contributed by atoms with Crippen LogP contribution in [0.1, 0.15) is 91.7 Å². The highest BCUT2D eigenvalue weighted by atomic mass is 79.9. The summed E-state index contributed by atoms with van der Waals surface area (Å²) in [4.78, 5) is 0. The Labute approximate surface area is 400 Å². The lowest BCUT2D eigenvalue weighted by molar-refractivity contribution is 0.303. The lowest BCUT2D eigenvalue weighted by Crippen LogP contribution is -2.00. The van der Waals surface area contributed by atoms with Gasteiger partial charge in [0.05, 0.1) is 24.8 Å². The van der Waals surface area contributed by atoms with Crippen LogP contribution in [0, 0.1) is 0 Å². The minimum Gasteiger partial charge on any atom is -0.496 e. The van der Waals surface area contributed by atoms with Crippen LogP contribution in [0.5, 0.6) is 11.5 Å². The first kappa shape index (κ1) is 44.4. The molecule has 65 heavy (non-hydrogen) atoms. The highest BCUT2D eigenvalue weighted by Crippen LogP contribution is 2.35. The predicted octanol–water partition coefficient (Wildman–Crippen LogP) is 17.4. The summed E-state index contributed by atoms with van der Waals surface area (Å²) in [6.45, 7) is 4.54. The van der Waals surface area contributed by atoms with Crippen molar-refractivity contribution < 1.29 is 9.47 Å². The van der Waals surface area contributed by atoms with Crippen LogP contribution in [0.15, 0.2) is 155 Å². The molecule has 0 aliphatic rings. The molecule has 4 nitrogen and oxygen atoms in total. The molecule has 0 saturated heterocycles. The number of nitrogens with zero attached hydrogens (tertiary/aromatic N) is 2. The average molecular weight is 985 g/mol. The second-order valence-electron chi connectivity index (χ2n) is 17.1. The summed E-state index contributed by atoms with van der Waals surface area (Å²) in [5.41, 5.74) is 11.7. The number of para-hydroxylation sites is 2. The number of fused-ring (bicyclic) bond motifs is 6. The van der Waals surface area contributed by atoms with Crippen molar-refractivity contribution in [1.29, 1.82) is 0 Å². The van der Waals surface area contributed by atoms with Crippen LogP contribution in [-0.2, 0) is 13.1 Å². The molecule has 2 heterocycles. The van der Waals surface area contributed by atoms with Gasteiger partial charge in [-0.15, -0.1) is 0 Å². The molecule has 0 fully saturated rings. The Morgan fingerprint density at radius 2 is 0.892 bits per heavy atom. The number of methoxy groups -OCH3 is 1. The third-order valence-corrected chi connectivity index (χ3v) is 13.6. The van der Waals surface area contributed by atoms with Crippen LogP contribution < -0.4 is 9.47 Å². The van der Waals surface area contributed by atoms with Gasteiger partial charge in [-0.05, 0) is 77.2 Å². The number of rotatable bonds is 19. The van der Waals surface area contributed by atoms with Crippen molar-refractivity contribution in [2.24, 2.45) is 0 Å². The second kappa shape index (κ2) is 21.0. The largest absolute Gasteiger partial charge is 0.496 e. The molecule has 0 aliphatic heterocycles. The molecule has 328 valence electrons. The van der Waals surface area contributed by atoms with Gasteiger partial charge in [-0.3, -0.25) is 0 Å². The van der Waals surface area contributed by atoms with E-state index in [1.54, 1.807) is 7.11 Å². The van der Waals surface area contributed by atoms with Gasteiger partial charge in [0.2, 0.25) is 0 Å². The van der Waals surface area contributed by atoms with Crippen LogP contribution in [0.25, 0.3) is 67.9 Å². The minimum atomic E-state index is 0.684. The number of hydrogen-bond donors (Lipinski definition) is 0. The van der Waals surface area contributed by atoms with E-state index < -0.39 is 0 Å². The van der Waals surface area contributed by atoms with Crippen molar-refractivity contribution in [2.45, 2.75) is 71.4 Å². The first-order valence-electron chi connectivity index (χ1n) is 23.2. The van der Waals surface area contributed by atoms with E-state index >= 15 is 0 Å². The summed E-state index contributed by atoms with van der Waals surface area (Å²) in [7, 11) is 1.75. The third-order valence-electron chi connectivity index (χ3n) is 12.6. The van der Waals surface area contributed by atoms with Gasteiger partial charge in [0.15, 0.2) is 0 Å². The van der Waals surface area contributed by atoms with E-state index in [-0.39, 0.29) is 0 Å². The summed E-state index contributed by atoms with van der Waals surface area (Å²) in [5.74, 6) is 1.68. The molecule has 0 bridgehead atoms.